The standard InChI is InChI=1S/C24H25F3O/c1-3-28-15-20-12-13-21(24(27)23(20)26)19-10-8-17(9-11-19)6-7-18-5-4-16(2)22(25)14-18/h4-5,12-14,17,19H,3,8-11,15H2,1-2H3. The Bertz CT molecular complexity index is 887. The minimum Gasteiger partial charge on any atom is -0.377 e. The van der Waals surface area contributed by atoms with Crippen LogP contribution in [0.2, 0.25) is 0 Å². The van der Waals surface area contributed by atoms with Crippen LogP contribution >= 0.6 is 0 Å². The lowest BCUT2D eigenvalue weighted by Gasteiger charge is -2.26. The van der Waals surface area contributed by atoms with Crippen LogP contribution in [0.3, 0.4) is 0 Å². The van der Waals surface area contributed by atoms with Crippen LogP contribution in [0.5, 0.6) is 0 Å². The van der Waals surface area contributed by atoms with Crippen molar-refractivity contribution >= 4 is 0 Å². The summed E-state index contributed by atoms with van der Waals surface area (Å²) in [7, 11) is 0. The lowest BCUT2D eigenvalue weighted by Crippen LogP contribution is -2.14. The van der Waals surface area contributed by atoms with Crippen LogP contribution in [-0.2, 0) is 11.3 Å². The van der Waals surface area contributed by atoms with Gasteiger partial charge in [-0.2, -0.15) is 0 Å². The second-order valence-corrected chi connectivity index (χ2v) is 7.36. The van der Waals surface area contributed by atoms with E-state index >= 15 is 0 Å². The van der Waals surface area contributed by atoms with E-state index in [1.165, 1.54) is 6.07 Å². The van der Waals surface area contributed by atoms with E-state index in [1.807, 2.05) is 13.0 Å². The monoisotopic (exact) mass is 386 g/mol. The Hall–Kier alpha value is -2.25. The van der Waals surface area contributed by atoms with Gasteiger partial charge in [0.2, 0.25) is 0 Å². The molecule has 1 aliphatic carbocycles. The fourth-order valence-corrected chi connectivity index (χ4v) is 3.65. The fraction of sp³-hybridized carbons (Fsp3) is 0.417. The van der Waals surface area contributed by atoms with Crippen molar-refractivity contribution < 1.29 is 17.9 Å². The van der Waals surface area contributed by atoms with Gasteiger partial charge in [0.15, 0.2) is 11.6 Å². The molecule has 4 heteroatoms. The predicted octanol–water partition coefficient (Wildman–Crippen LogP) is 6.27. The molecule has 0 spiro atoms. The van der Waals surface area contributed by atoms with E-state index in [1.54, 1.807) is 25.1 Å². The van der Waals surface area contributed by atoms with Crippen molar-refractivity contribution in [2.45, 2.75) is 52.1 Å². The average Bonchev–Trinajstić information content (AvgIpc) is 2.70. The van der Waals surface area contributed by atoms with E-state index in [0.29, 0.717) is 23.3 Å². The third-order valence-electron chi connectivity index (χ3n) is 5.41. The van der Waals surface area contributed by atoms with Gasteiger partial charge in [-0.25, -0.2) is 13.2 Å². The first kappa shape index (κ1) is 20.5. The maximum Gasteiger partial charge on any atom is 0.164 e. The molecule has 1 nitrogen and oxygen atoms in total. The van der Waals surface area contributed by atoms with Gasteiger partial charge >= 0.3 is 0 Å². The number of rotatable bonds is 4. The molecule has 1 aliphatic rings. The molecule has 1 fully saturated rings. The summed E-state index contributed by atoms with van der Waals surface area (Å²) < 4.78 is 47.6. The second-order valence-electron chi connectivity index (χ2n) is 7.36. The summed E-state index contributed by atoms with van der Waals surface area (Å²) in [5, 5.41) is 0. The third-order valence-corrected chi connectivity index (χ3v) is 5.41. The van der Waals surface area contributed by atoms with E-state index in [2.05, 4.69) is 11.8 Å². The van der Waals surface area contributed by atoms with Gasteiger partial charge in [0, 0.05) is 23.7 Å². The highest BCUT2D eigenvalue weighted by atomic mass is 19.2. The van der Waals surface area contributed by atoms with Crippen LogP contribution in [0.15, 0.2) is 30.3 Å². The van der Waals surface area contributed by atoms with Crippen LogP contribution in [0.1, 0.15) is 60.8 Å². The molecule has 0 atom stereocenters. The smallest absolute Gasteiger partial charge is 0.164 e. The van der Waals surface area contributed by atoms with Gasteiger partial charge in [0.1, 0.15) is 5.82 Å². The van der Waals surface area contributed by atoms with Crippen LogP contribution in [-0.4, -0.2) is 6.61 Å². The highest BCUT2D eigenvalue weighted by Gasteiger charge is 2.25. The maximum absolute atomic E-state index is 14.5. The van der Waals surface area contributed by atoms with Gasteiger partial charge in [0.25, 0.3) is 0 Å². The van der Waals surface area contributed by atoms with Crippen molar-refractivity contribution in [3.63, 3.8) is 0 Å². The lowest BCUT2D eigenvalue weighted by atomic mass is 9.78. The first-order valence-electron chi connectivity index (χ1n) is 9.81. The SMILES string of the molecule is CCOCc1ccc(C2CCC(C#Cc3ccc(C)c(F)c3)CC2)c(F)c1F. The van der Waals surface area contributed by atoms with Crippen molar-refractivity contribution in [3.8, 4) is 11.8 Å². The first-order valence-corrected chi connectivity index (χ1v) is 9.81. The molecule has 0 bridgehead atoms. The Labute approximate surface area is 164 Å². The fourth-order valence-electron chi connectivity index (χ4n) is 3.65. The number of halogens is 3. The zero-order chi connectivity index (χ0) is 20.1. The van der Waals surface area contributed by atoms with Gasteiger partial charge in [-0.3, -0.25) is 0 Å². The van der Waals surface area contributed by atoms with Gasteiger partial charge in [-0.1, -0.05) is 30.0 Å². The molecular formula is C24H25F3O. The minimum absolute atomic E-state index is 0.00510. The van der Waals surface area contributed by atoms with Crippen molar-refractivity contribution in [2.24, 2.45) is 5.92 Å². The summed E-state index contributed by atoms with van der Waals surface area (Å²) in [6.07, 6.45) is 3.19. The van der Waals surface area contributed by atoms with E-state index < -0.39 is 11.6 Å². The molecule has 2 aromatic rings. The number of aryl methyl sites for hydroxylation is 1. The summed E-state index contributed by atoms with van der Waals surface area (Å²) in [5.74, 6) is 4.67. The molecular weight excluding hydrogens is 361 g/mol. The highest BCUT2D eigenvalue weighted by molar-refractivity contribution is 5.37. The van der Waals surface area contributed by atoms with Crippen molar-refractivity contribution in [3.05, 3.63) is 70.0 Å². The molecule has 0 unspecified atom stereocenters. The van der Waals surface area contributed by atoms with Crippen LogP contribution in [0.4, 0.5) is 13.2 Å². The van der Waals surface area contributed by atoms with Gasteiger partial charge in [-0.15, -0.1) is 0 Å². The normalized spacial score (nSPS) is 19.2. The van der Waals surface area contributed by atoms with Crippen molar-refractivity contribution in [2.75, 3.05) is 6.61 Å². The van der Waals surface area contributed by atoms with Crippen LogP contribution < -0.4 is 0 Å². The number of hydrogen-bond donors (Lipinski definition) is 0. The van der Waals surface area contributed by atoms with E-state index in [4.69, 9.17) is 4.74 Å². The summed E-state index contributed by atoms with van der Waals surface area (Å²) >= 11 is 0. The topological polar surface area (TPSA) is 9.23 Å². The Balaban J connectivity index is 1.63. The number of ether oxygens (including phenoxy) is 1. The molecule has 148 valence electrons. The molecule has 0 amide bonds. The molecule has 0 aromatic heterocycles. The predicted molar refractivity (Wildman–Crippen MR) is 104 cm³/mol. The molecule has 0 aliphatic heterocycles. The van der Waals surface area contributed by atoms with Gasteiger partial charge in [0.05, 0.1) is 6.61 Å². The summed E-state index contributed by atoms with van der Waals surface area (Å²) in [6.45, 7) is 4.09. The molecule has 1 saturated carbocycles. The highest BCUT2D eigenvalue weighted by Crippen LogP contribution is 2.37. The van der Waals surface area contributed by atoms with Gasteiger partial charge < -0.3 is 4.74 Å². The lowest BCUT2D eigenvalue weighted by molar-refractivity contribution is 0.131. The van der Waals surface area contributed by atoms with E-state index in [0.717, 1.165) is 25.7 Å². The van der Waals surface area contributed by atoms with Crippen molar-refractivity contribution in [1.82, 2.24) is 0 Å². The van der Waals surface area contributed by atoms with E-state index in [9.17, 15) is 13.2 Å². The van der Waals surface area contributed by atoms with E-state index in [-0.39, 0.29) is 29.8 Å². The summed E-state index contributed by atoms with van der Waals surface area (Å²) in [6, 6.07) is 8.32. The molecule has 0 heterocycles. The Morgan fingerprint density at radius 3 is 2.43 bits per heavy atom. The van der Waals surface area contributed by atoms with Crippen molar-refractivity contribution in [1.29, 1.82) is 0 Å². The molecule has 0 radical (unpaired) electrons. The first-order chi connectivity index (χ1) is 13.5. The third kappa shape index (κ3) is 4.77. The van der Waals surface area contributed by atoms with Gasteiger partial charge in [-0.05, 0) is 68.7 Å². The zero-order valence-corrected chi connectivity index (χ0v) is 16.3. The number of benzene rings is 2. The molecule has 2 aromatic carbocycles. The largest absolute Gasteiger partial charge is 0.377 e. The molecule has 3 rings (SSSR count). The van der Waals surface area contributed by atoms with Crippen LogP contribution in [0, 0.1) is 42.1 Å². The molecule has 0 N–H and O–H groups in total. The molecule has 28 heavy (non-hydrogen) atoms. The minimum atomic E-state index is -0.797. The quantitative estimate of drug-likeness (QED) is 0.562. The summed E-state index contributed by atoms with van der Waals surface area (Å²) in [4.78, 5) is 0. The second kappa shape index (κ2) is 9.30. The Kier molecular flexibility index (Phi) is 6.80. The average molecular weight is 386 g/mol. The Morgan fingerprint density at radius 1 is 1.00 bits per heavy atom. The number of hydrogen-bond acceptors (Lipinski definition) is 1. The Morgan fingerprint density at radius 2 is 1.75 bits per heavy atom. The van der Waals surface area contributed by atoms with Crippen LogP contribution in [0.25, 0.3) is 0 Å². The zero-order valence-electron chi connectivity index (χ0n) is 16.3. The maximum atomic E-state index is 14.5. The molecule has 0 saturated heterocycles. The summed E-state index contributed by atoms with van der Waals surface area (Å²) in [5.41, 5.74) is 1.98.